The van der Waals surface area contributed by atoms with Crippen LogP contribution in [0.15, 0.2) is 40.8 Å². The predicted octanol–water partition coefficient (Wildman–Crippen LogP) is 4.84. The fourth-order valence-electron chi connectivity index (χ4n) is 2.91. The summed E-state index contributed by atoms with van der Waals surface area (Å²) >= 11 is 6.05. The first-order valence-electron chi connectivity index (χ1n) is 7.19. The highest BCUT2D eigenvalue weighted by Crippen LogP contribution is 2.38. The monoisotopic (exact) mass is 289 g/mol. The first kappa shape index (κ1) is 13.7. The highest BCUT2D eigenvalue weighted by Gasteiger charge is 2.31. The molecule has 1 aromatic carbocycles. The molecule has 1 N–H and O–H groups in total. The quantitative estimate of drug-likeness (QED) is 0.871. The summed E-state index contributed by atoms with van der Waals surface area (Å²) in [5.74, 6) is 2.63. The molecule has 20 heavy (non-hydrogen) atoms. The van der Waals surface area contributed by atoms with Crippen molar-refractivity contribution in [2.24, 2.45) is 0 Å². The van der Waals surface area contributed by atoms with E-state index in [0.717, 1.165) is 16.5 Å². The fraction of sp³-hybridized carbons (Fsp3) is 0.412. The first-order valence-corrected chi connectivity index (χ1v) is 7.57. The van der Waals surface area contributed by atoms with Gasteiger partial charge in [0.1, 0.15) is 11.5 Å². The second-order valence-corrected chi connectivity index (χ2v) is 6.19. The van der Waals surface area contributed by atoms with E-state index in [9.17, 15) is 0 Å². The lowest BCUT2D eigenvalue weighted by Crippen LogP contribution is -2.41. The molecular formula is C17H20ClNO. The normalized spacial score (nSPS) is 23.4. The summed E-state index contributed by atoms with van der Waals surface area (Å²) in [4.78, 5) is 0. The lowest BCUT2D eigenvalue weighted by molar-refractivity contribution is 0.257. The Bertz CT molecular complexity index is 586. The van der Waals surface area contributed by atoms with Gasteiger partial charge in [0.05, 0.1) is 6.04 Å². The van der Waals surface area contributed by atoms with Gasteiger partial charge in [-0.2, -0.15) is 0 Å². The van der Waals surface area contributed by atoms with Crippen molar-refractivity contribution in [3.05, 3.63) is 58.5 Å². The Hall–Kier alpha value is -1.25. The van der Waals surface area contributed by atoms with Crippen LogP contribution in [0.25, 0.3) is 0 Å². The summed E-state index contributed by atoms with van der Waals surface area (Å²) < 4.78 is 5.66. The van der Waals surface area contributed by atoms with Crippen molar-refractivity contribution in [1.82, 2.24) is 5.32 Å². The maximum Gasteiger partial charge on any atom is 0.120 e. The smallest absolute Gasteiger partial charge is 0.120 e. The Morgan fingerprint density at radius 2 is 2.05 bits per heavy atom. The van der Waals surface area contributed by atoms with Gasteiger partial charge in [-0.1, -0.05) is 23.7 Å². The second kappa shape index (κ2) is 5.63. The van der Waals surface area contributed by atoms with E-state index in [1.165, 1.54) is 18.4 Å². The molecule has 0 amide bonds. The maximum absolute atomic E-state index is 6.05. The van der Waals surface area contributed by atoms with Gasteiger partial charge >= 0.3 is 0 Å². The van der Waals surface area contributed by atoms with E-state index in [1.807, 2.05) is 25.1 Å². The summed E-state index contributed by atoms with van der Waals surface area (Å²) in [5, 5.41) is 4.47. The standard InChI is InChI=1S/C17H20ClNO/c1-11-6-7-17(20-11)12(2)19-16-9-14(10-16)13-4-3-5-15(18)8-13/h3-8,12,14,16,19H,9-10H2,1-2H3. The van der Waals surface area contributed by atoms with Crippen molar-refractivity contribution in [3.63, 3.8) is 0 Å². The number of rotatable bonds is 4. The molecule has 1 atom stereocenters. The minimum absolute atomic E-state index is 0.272. The van der Waals surface area contributed by atoms with Crippen LogP contribution in [0.3, 0.4) is 0 Å². The maximum atomic E-state index is 6.05. The lowest BCUT2D eigenvalue weighted by atomic mass is 9.75. The number of benzene rings is 1. The van der Waals surface area contributed by atoms with Crippen molar-refractivity contribution < 1.29 is 4.42 Å². The van der Waals surface area contributed by atoms with Gasteiger partial charge in [0.25, 0.3) is 0 Å². The third kappa shape index (κ3) is 2.92. The van der Waals surface area contributed by atoms with Crippen LogP contribution in [0.2, 0.25) is 5.02 Å². The molecule has 1 saturated carbocycles. The molecule has 1 aliphatic rings. The Kier molecular flexibility index (Phi) is 3.86. The molecule has 1 unspecified atom stereocenters. The molecule has 0 bridgehead atoms. The average Bonchev–Trinajstić information content (AvgIpc) is 2.80. The van der Waals surface area contributed by atoms with Crippen molar-refractivity contribution in [2.45, 2.75) is 44.7 Å². The molecule has 1 heterocycles. The Labute approximate surface area is 125 Å². The van der Waals surface area contributed by atoms with Gasteiger partial charge in [0, 0.05) is 11.1 Å². The van der Waals surface area contributed by atoms with Crippen molar-refractivity contribution in [2.75, 3.05) is 0 Å². The average molecular weight is 290 g/mol. The topological polar surface area (TPSA) is 25.2 Å². The number of hydrogen-bond donors (Lipinski definition) is 1. The summed E-state index contributed by atoms with van der Waals surface area (Å²) in [5.41, 5.74) is 1.36. The van der Waals surface area contributed by atoms with E-state index in [-0.39, 0.29) is 6.04 Å². The van der Waals surface area contributed by atoms with Gasteiger partial charge in [0.15, 0.2) is 0 Å². The van der Waals surface area contributed by atoms with Crippen LogP contribution in [0.4, 0.5) is 0 Å². The summed E-state index contributed by atoms with van der Waals surface area (Å²) in [6.07, 6.45) is 2.34. The Balaban J connectivity index is 1.53. The molecule has 3 heteroatoms. The molecule has 106 valence electrons. The molecule has 1 aliphatic carbocycles. The molecule has 0 spiro atoms. The zero-order valence-corrected chi connectivity index (χ0v) is 12.7. The zero-order valence-electron chi connectivity index (χ0n) is 11.9. The molecule has 2 nitrogen and oxygen atoms in total. The van der Waals surface area contributed by atoms with Crippen LogP contribution in [0, 0.1) is 6.92 Å². The van der Waals surface area contributed by atoms with E-state index in [1.54, 1.807) is 0 Å². The van der Waals surface area contributed by atoms with Gasteiger partial charge in [0.2, 0.25) is 0 Å². The minimum Gasteiger partial charge on any atom is -0.465 e. The first-order chi connectivity index (χ1) is 9.61. The Morgan fingerprint density at radius 3 is 2.70 bits per heavy atom. The van der Waals surface area contributed by atoms with Crippen LogP contribution in [0.5, 0.6) is 0 Å². The molecule has 0 aliphatic heterocycles. The van der Waals surface area contributed by atoms with E-state index >= 15 is 0 Å². The van der Waals surface area contributed by atoms with Crippen molar-refractivity contribution in [3.8, 4) is 0 Å². The van der Waals surface area contributed by atoms with E-state index in [2.05, 4.69) is 30.4 Å². The molecule has 1 fully saturated rings. The summed E-state index contributed by atoms with van der Waals surface area (Å²) in [7, 11) is 0. The zero-order chi connectivity index (χ0) is 14.1. The van der Waals surface area contributed by atoms with Crippen LogP contribution in [0.1, 0.15) is 48.8 Å². The number of aryl methyl sites for hydroxylation is 1. The molecular weight excluding hydrogens is 270 g/mol. The summed E-state index contributed by atoms with van der Waals surface area (Å²) in [6, 6.07) is 13.1. The molecule has 2 aromatic rings. The highest BCUT2D eigenvalue weighted by atomic mass is 35.5. The number of hydrogen-bond acceptors (Lipinski definition) is 2. The highest BCUT2D eigenvalue weighted by molar-refractivity contribution is 6.30. The largest absolute Gasteiger partial charge is 0.465 e. The van der Waals surface area contributed by atoms with Gasteiger partial charge in [-0.3, -0.25) is 0 Å². The van der Waals surface area contributed by atoms with Crippen molar-refractivity contribution >= 4 is 11.6 Å². The van der Waals surface area contributed by atoms with E-state index < -0.39 is 0 Å². The van der Waals surface area contributed by atoms with Crippen LogP contribution >= 0.6 is 11.6 Å². The fourth-order valence-corrected chi connectivity index (χ4v) is 3.11. The van der Waals surface area contributed by atoms with Crippen LogP contribution in [-0.2, 0) is 0 Å². The number of nitrogens with one attached hydrogen (secondary N) is 1. The van der Waals surface area contributed by atoms with Crippen LogP contribution < -0.4 is 5.32 Å². The SMILES string of the molecule is Cc1ccc(C(C)NC2CC(c3cccc(Cl)c3)C2)o1. The molecule has 1 aromatic heterocycles. The lowest BCUT2D eigenvalue weighted by Gasteiger charge is -2.38. The third-order valence-corrected chi connectivity index (χ3v) is 4.37. The van der Waals surface area contributed by atoms with Gasteiger partial charge in [-0.05, 0) is 62.4 Å². The van der Waals surface area contributed by atoms with E-state index in [0.29, 0.717) is 12.0 Å². The Morgan fingerprint density at radius 1 is 1.25 bits per heavy atom. The molecule has 0 saturated heterocycles. The molecule has 0 radical (unpaired) electrons. The van der Waals surface area contributed by atoms with Gasteiger partial charge < -0.3 is 9.73 Å². The number of halogens is 1. The van der Waals surface area contributed by atoms with Crippen LogP contribution in [-0.4, -0.2) is 6.04 Å². The van der Waals surface area contributed by atoms with Crippen molar-refractivity contribution in [1.29, 1.82) is 0 Å². The van der Waals surface area contributed by atoms with Gasteiger partial charge in [-0.15, -0.1) is 0 Å². The predicted molar refractivity (Wildman–Crippen MR) is 82.2 cm³/mol. The van der Waals surface area contributed by atoms with E-state index in [4.69, 9.17) is 16.0 Å². The summed E-state index contributed by atoms with van der Waals surface area (Å²) in [6.45, 7) is 4.14. The second-order valence-electron chi connectivity index (χ2n) is 5.76. The minimum atomic E-state index is 0.272. The van der Waals surface area contributed by atoms with Gasteiger partial charge in [-0.25, -0.2) is 0 Å². The third-order valence-electron chi connectivity index (χ3n) is 4.13. The number of furan rings is 1. The molecule has 3 rings (SSSR count).